The zero-order chi connectivity index (χ0) is 22.7. The molecule has 1 aromatic heterocycles. The van der Waals surface area contributed by atoms with Crippen molar-refractivity contribution in [1.82, 2.24) is 10.2 Å². The molecule has 0 atom stereocenters. The number of carbonyl (C=O) groups excluding carboxylic acids is 4. The summed E-state index contributed by atoms with van der Waals surface area (Å²) in [5, 5.41) is 2.93. The summed E-state index contributed by atoms with van der Waals surface area (Å²) in [6.07, 6.45) is 2.69. The van der Waals surface area contributed by atoms with Crippen LogP contribution in [0.4, 0.5) is 0 Å². The Hall–Kier alpha value is -4.17. The predicted octanol–water partition coefficient (Wildman–Crippen LogP) is 3.50. The molecule has 0 unspecified atom stereocenters. The molecule has 1 aliphatic heterocycles. The molecule has 4 rings (SSSR count). The fraction of sp³-hybridized carbons (Fsp3) is 0.0435. The van der Waals surface area contributed by atoms with E-state index < -0.39 is 30.4 Å². The number of carbonyl (C=O) groups is 4. The molecule has 32 heavy (non-hydrogen) atoms. The highest BCUT2D eigenvalue weighted by Gasteiger charge is 2.36. The summed E-state index contributed by atoms with van der Waals surface area (Å²) >= 11 is 5.89. The lowest BCUT2D eigenvalue weighted by Gasteiger charge is -2.15. The Morgan fingerprint density at radius 1 is 0.969 bits per heavy atom. The van der Waals surface area contributed by atoms with Gasteiger partial charge in [-0.1, -0.05) is 35.9 Å². The third kappa shape index (κ3) is 4.30. The summed E-state index contributed by atoms with van der Waals surface area (Å²) in [6, 6.07) is 15.8. The van der Waals surface area contributed by atoms with Gasteiger partial charge >= 0.3 is 5.97 Å². The van der Waals surface area contributed by atoms with E-state index in [1.165, 1.54) is 36.6 Å². The van der Waals surface area contributed by atoms with Crippen LogP contribution in [0.5, 0.6) is 0 Å². The fourth-order valence-electron chi connectivity index (χ4n) is 3.02. The topological polar surface area (TPSA) is 106 Å². The van der Waals surface area contributed by atoms with Crippen molar-refractivity contribution in [3.8, 4) is 0 Å². The van der Waals surface area contributed by atoms with Crippen molar-refractivity contribution < 1.29 is 28.3 Å². The third-order valence-electron chi connectivity index (χ3n) is 4.60. The zero-order valence-corrected chi connectivity index (χ0v) is 17.2. The van der Waals surface area contributed by atoms with Crippen LogP contribution in [0.1, 0.15) is 36.8 Å². The van der Waals surface area contributed by atoms with Crippen molar-refractivity contribution in [2.75, 3.05) is 6.73 Å². The van der Waals surface area contributed by atoms with Crippen molar-refractivity contribution in [2.45, 2.75) is 0 Å². The van der Waals surface area contributed by atoms with Gasteiger partial charge in [0.2, 0.25) is 0 Å². The lowest BCUT2D eigenvalue weighted by Crippen LogP contribution is -2.35. The number of imide groups is 1. The number of hydrogen-bond acceptors (Lipinski definition) is 6. The number of rotatable bonds is 6. The normalized spacial score (nSPS) is 13.2. The fourth-order valence-corrected chi connectivity index (χ4v) is 3.15. The maximum atomic E-state index is 12.8. The number of ether oxygens (including phenoxy) is 1. The number of nitrogens with zero attached hydrogens (tertiary/aromatic N) is 1. The summed E-state index contributed by atoms with van der Waals surface area (Å²) in [5.74, 6) is -2.77. The van der Waals surface area contributed by atoms with Gasteiger partial charge < -0.3 is 14.5 Å². The number of benzene rings is 2. The van der Waals surface area contributed by atoms with Gasteiger partial charge in [0.25, 0.3) is 17.7 Å². The Morgan fingerprint density at radius 3 is 2.22 bits per heavy atom. The molecule has 8 nitrogen and oxygen atoms in total. The van der Waals surface area contributed by atoms with Crippen LogP contribution < -0.4 is 5.32 Å². The van der Waals surface area contributed by atoms with Crippen molar-refractivity contribution in [1.29, 1.82) is 0 Å². The largest absolute Gasteiger partial charge is 0.459 e. The molecule has 3 amide bonds. The van der Waals surface area contributed by atoms with Gasteiger partial charge in [-0.3, -0.25) is 14.4 Å². The first-order chi connectivity index (χ1) is 15.4. The lowest BCUT2D eigenvalue weighted by atomic mass is 10.1. The van der Waals surface area contributed by atoms with Gasteiger partial charge in [-0.2, -0.15) is 0 Å². The molecule has 0 fully saturated rings. The van der Waals surface area contributed by atoms with Crippen molar-refractivity contribution in [3.05, 3.63) is 100 Å². The smallest absolute Gasteiger partial charge is 0.356 e. The molecule has 160 valence electrons. The molecule has 3 aromatic rings. The van der Waals surface area contributed by atoms with Crippen LogP contribution in [0.3, 0.4) is 0 Å². The van der Waals surface area contributed by atoms with Gasteiger partial charge in [-0.05, 0) is 48.0 Å². The van der Waals surface area contributed by atoms with Gasteiger partial charge in [0.1, 0.15) is 5.70 Å². The van der Waals surface area contributed by atoms with Crippen LogP contribution in [0.25, 0.3) is 6.08 Å². The lowest BCUT2D eigenvalue weighted by molar-refractivity contribution is -0.141. The van der Waals surface area contributed by atoms with E-state index in [-0.39, 0.29) is 22.6 Å². The minimum absolute atomic E-state index is 0.0137. The molecular formula is C23H15ClN2O6. The number of furan rings is 1. The zero-order valence-electron chi connectivity index (χ0n) is 16.4. The number of amides is 3. The van der Waals surface area contributed by atoms with E-state index in [2.05, 4.69) is 5.32 Å². The average molecular weight is 451 g/mol. The second kappa shape index (κ2) is 8.91. The maximum Gasteiger partial charge on any atom is 0.356 e. The Morgan fingerprint density at radius 2 is 1.62 bits per heavy atom. The van der Waals surface area contributed by atoms with Crippen molar-refractivity contribution in [3.63, 3.8) is 0 Å². The van der Waals surface area contributed by atoms with Crippen LogP contribution in [0.15, 0.2) is 77.0 Å². The monoisotopic (exact) mass is 450 g/mol. The molecule has 0 saturated carbocycles. The van der Waals surface area contributed by atoms with Crippen LogP contribution in [-0.2, 0) is 9.53 Å². The van der Waals surface area contributed by atoms with E-state index in [1.54, 1.807) is 36.4 Å². The first kappa shape index (κ1) is 21.1. The number of halogens is 1. The molecule has 0 spiro atoms. The van der Waals surface area contributed by atoms with Gasteiger partial charge in [0, 0.05) is 5.02 Å². The molecule has 9 heteroatoms. The minimum atomic E-state index is -0.948. The minimum Gasteiger partial charge on any atom is -0.459 e. The molecular weight excluding hydrogens is 436 g/mol. The number of esters is 1. The first-order valence-electron chi connectivity index (χ1n) is 9.38. The van der Waals surface area contributed by atoms with Gasteiger partial charge in [-0.15, -0.1) is 0 Å². The Kier molecular flexibility index (Phi) is 5.87. The first-order valence-corrected chi connectivity index (χ1v) is 9.76. The molecule has 1 N–H and O–H groups in total. The number of nitrogens with one attached hydrogen (secondary N) is 1. The Balaban J connectivity index is 1.52. The predicted molar refractivity (Wildman–Crippen MR) is 114 cm³/mol. The SMILES string of the molecule is O=C(OCN1C(=O)c2ccccc2C1=O)/C(=C/c1ccc(Cl)cc1)NC(=O)c1ccco1. The van der Waals surface area contributed by atoms with E-state index in [9.17, 15) is 19.2 Å². The Bertz CT molecular complexity index is 1200. The van der Waals surface area contributed by atoms with E-state index in [4.69, 9.17) is 20.8 Å². The highest BCUT2D eigenvalue weighted by molar-refractivity contribution is 6.30. The van der Waals surface area contributed by atoms with E-state index in [1.807, 2.05) is 0 Å². The highest BCUT2D eigenvalue weighted by Crippen LogP contribution is 2.22. The van der Waals surface area contributed by atoms with Gasteiger partial charge in [0.05, 0.1) is 17.4 Å². The van der Waals surface area contributed by atoms with Gasteiger partial charge in [-0.25, -0.2) is 9.69 Å². The molecule has 2 aromatic carbocycles. The summed E-state index contributed by atoms with van der Waals surface area (Å²) in [4.78, 5) is 50.9. The second-order valence-corrected chi connectivity index (χ2v) is 7.12. The Labute approximate surface area is 187 Å². The molecule has 0 bridgehead atoms. The van der Waals surface area contributed by atoms with E-state index in [0.717, 1.165) is 4.90 Å². The molecule has 0 aliphatic carbocycles. The van der Waals surface area contributed by atoms with Crippen LogP contribution in [0, 0.1) is 0 Å². The highest BCUT2D eigenvalue weighted by atomic mass is 35.5. The average Bonchev–Trinajstić information content (AvgIpc) is 3.42. The van der Waals surface area contributed by atoms with Crippen LogP contribution in [0.2, 0.25) is 5.02 Å². The van der Waals surface area contributed by atoms with Gasteiger partial charge in [0.15, 0.2) is 12.5 Å². The second-order valence-electron chi connectivity index (χ2n) is 6.69. The van der Waals surface area contributed by atoms with E-state index >= 15 is 0 Å². The van der Waals surface area contributed by atoms with Crippen molar-refractivity contribution >= 4 is 41.4 Å². The maximum absolute atomic E-state index is 12.8. The van der Waals surface area contributed by atoms with Crippen LogP contribution in [-0.4, -0.2) is 35.3 Å². The standard InChI is InChI=1S/C23H15ClN2O6/c24-15-9-7-14(8-10-15)12-18(25-20(27)19-6-3-11-31-19)23(30)32-13-26-21(28)16-4-1-2-5-17(16)22(26)29/h1-12H,13H2,(H,25,27)/b18-12-. The molecule has 1 aliphatic rings. The summed E-state index contributed by atoms with van der Waals surface area (Å²) in [6.45, 7) is -0.611. The summed E-state index contributed by atoms with van der Waals surface area (Å²) in [5.41, 5.74) is 0.806. The molecule has 2 heterocycles. The molecule has 0 radical (unpaired) electrons. The van der Waals surface area contributed by atoms with Crippen LogP contribution >= 0.6 is 11.6 Å². The van der Waals surface area contributed by atoms with Crippen molar-refractivity contribution in [2.24, 2.45) is 0 Å². The summed E-state index contributed by atoms with van der Waals surface area (Å²) in [7, 11) is 0. The third-order valence-corrected chi connectivity index (χ3v) is 4.85. The number of hydrogen-bond donors (Lipinski definition) is 1. The van der Waals surface area contributed by atoms with E-state index in [0.29, 0.717) is 10.6 Å². The quantitative estimate of drug-likeness (QED) is 0.350. The molecule has 0 saturated heterocycles. The number of fused-ring (bicyclic) bond motifs is 1. The summed E-state index contributed by atoms with van der Waals surface area (Å²) < 4.78 is 10.2.